The van der Waals surface area contributed by atoms with E-state index in [2.05, 4.69) is 39.3 Å². The van der Waals surface area contributed by atoms with Gasteiger partial charge in [-0.05, 0) is 69.3 Å². The van der Waals surface area contributed by atoms with Crippen LogP contribution in [-0.2, 0) is 0 Å². The quantitative estimate of drug-likeness (QED) is 0.606. The Balaban J connectivity index is 1.68. The Bertz CT molecular complexity index is 1050. The SMILES string of the molecule is CCN(CC)c1cc(Nc2ccc(NC(=O)c3ccc(C#N)cc3)cc2)nc(C)n1. The first-order valence-electron chi connectivity index (χ1n) is 9.81. The summed E-state index contributed by atoms with van der Waals surface area (Å²) < 4.78 is 0. The first kappa shape index (κ1) is 20.8. The Labute approximate surface area is 176 Å². The van der Waals surface area contributed by atoms with Crippen molar-refractivity contribution < 1.29 is 4.79 Å². The highest BCUT2D eigenvalue weighted by atomic mass is 16.1. The van der Waals surface area contributed by atoms with Gasteiger partial charge in [-0.3, -0.25) is 4.79 Å². The molecular formula is C23H24N6O. The number of benzene rings is 2. The molecule has 1 aromatic heterocycles. The molecule has 0 fully saturated rings. The molecule has 3 aromatic rings. The van der Waals surface area contributed by atoms with Crippen LogP contribution >= 0.6 is 0 Å². The minimum Gasteiger partial charge on any atom is -0.357 e. The third kappa shape index (κ3) is 5.11. The number of aryl methyl sites for hydroxylation is 1. The van der Waals surface area contributed by atoms with Crippen LogP contribution in [0, 0.1) is 18.3 Å². The van der Waals surface area contributed by atoms with Crippen molar-refractivity contribution in [2.24, 2.45) is 0 Å². The second-order valence-corrected chi connectivity index (χ2v) is 6.68. The highest BCUT2D eigenvalue weighted by Crippen LogP contribution is 2.21. The number of nitrogens with one attached hydrogen (secondary N) is 2. The standard InChI is InChI=1S/C23H24N6O/c1-4-29(5-2)22-14-21(25-16(3)26-22)27-19-10-12-20(13-11-19)28-23(30)18-8-6-17(15-24)7-9-18/h6-14H,4-5H2,1-3H3,(H,28,30)(H,25,26,27). The Hall–Kier alpha value is -3.92. The third-order valence-electron chi connectivity index (χ3n) is 4.60. The number of hydrogen-bond acceptors (Lipinski definition) is 6. The van der Waals surface area contributed by atoms with Crippen LogP contribution in [0.15, 0.2) is 54.6 Å². The largest absolute Gasteiger partial charge is 0.357 e. The van der Waals surface area contributed by atoms with E-state index >= 15 is 0 Å². The molecule has 2 N–H and O–H groups in total. The van der Waals surface area contributed by atoms with Crippen molar-refractivity contribution in [1.29, 1.82) is 5.26 Å². The van der Waals surface area contributed by atoms with E-state index < -0.39 is 0 Å². The molecule has 3 rings (SSSR count). The molecule has 0 aliphatic heterocycles. The molecule has 0 unspecified atom stereocenters. The summed E-state index contributed by atoms with van der Waals surface area (Å²) in [5, 5.41) is 15.0. The van der Waals surface area contributed by atoms with Gasteiger partial charge in [0.25, 0.3) is 5.91 Å². The molecule has 2 aromatic carbocycles. The molecule has 0 aliphatic rings. The van der Waals surface area contributed by atoms with Crippen LogP contribution in [0.1, 0.15) is 35.6 Å². The van der Waals surface area contributed by atoms with Gasteiger partial charge in [0.2, 0.25) is 0 Å². The Kier molecular flexibility index (Phi) is 6.60. The summed E-state index contributed by atoms with van der Waals surface area (Å²) >= 11 is 0. The monoisotopic (exact) mass is 400 g/mol. The average Bonchev–Trinajstić information content (AvgIpc) is 2.75. The molecule has 0 atom stereocenters. The van der Waals surface area contributed by atoms with E-state index in [1.54, 1.807) is 24.3 Å². The molecule has 1 heterocycles. The van der Waals surface area contributed by atoms with Gasteiger partial charge in [0.1, 0.15) is 17.5 Å². The molecule has 0 saturated heterocycles. The first-order valence-corrected chi connectivity index (χ1v) is 9.81. The predicted molar refractivity (Wildman–Crippen MR) is 119 cm³/mol. The van der Waals surface area contributed by atoms with E-state index in [0.717, 1.165) is 30.4 Å². The van der Waals surface area contributed by atoms with Crippen molar-refractivity contribution in [2.45, 2.75) is 20.8 Å². The van der Waals surface area contributed by atoms with Crippen LogP contribution in [0.2, 0.25) is 0 Å². The van der Waals surface area contributed by atoms with Crippen molar-refractivity contribution >= 4 is 28.9 Å². The maximum atomic E-state index is 12.4. The summed E-state index contributed by atoms with van der Waals surface area (Å²) in [7, 11) is 0. The number of nitriles is 1. The average molecular weight is 400 g/mol. The second-order valence-electron chi connectivity index (χ2n) is 6.68. The van der Waals surface area contributed by atoms with E-state index in [1.807, 2.05) is 43.3 Å². The highest BCUT2D eigenvalue weighted by Gasteiger charge is 2.09. The molecule has 0 saturated carbocycles. The van der Waals surface area contributed by atoms with Gasteiger partial charge in [-0.2, -0.15) is 5.26 Å². The Morgan fingerprint density at radius 2 is 1.63 bits per heavy atom. The molecule has 0 spiro atoms. The zero-order valence-electron chi connectivity index (χ0n) is 17.3. The van der Waals surface area contributed by atoms with E-state index in [0.29, 0.717) is 22.6 Å². The lowest BCUT2D eigenvalue weighted by Gasteiger charge is -2.20. The number of rotatable bonds is 7. The molecule has 0 radical (unpaired) electrons. The molecule has 7 heteroatoms. The zero-order valence-corrected chi connectivity index (χ0v) is 17.3. The van der Waals surface area contributed by atoms with E-state index in [1.165, 1.54) is 0 Å². The van der Waals surface area contributed by atoms with Gasteiger partial charge in [0, 0.05) is 36.1 Å². The molecular weight excluding hydrogens is 376 g/mol. The molecule has 30 heavy (non-hydrogen) atoms. The maximum Gasteiger partial charge on any atom is 0.255 e. The van der Waals surface area contributed by atoms with Crippen LogP contribution < -0.4 is 15.5 Å². The second kappa shape index (κ2) is 9.52. The zero-order chi connectivity index (χ0) is 21.5. The van der Waals surface area contributed by atoms with Gasteiger partial charge in [-0.1, -0.05) is 0 Å². The van der Waals surface area contributed by atoms with Crippen molar-refractivity contribution in [3.05, 3.63) is 71.5 Å². The van der Waals surface area contributed by atoms with E-state index in [-0.39, 0.29) is 5.91 Å². The summed E-state index contributed by atoms with van der Waals surface area (Å²) in [5.74, 6) is 2.09. The molecule has 0 aliphatic carbocycles. The van der Waals surface area contributed by atoms with E-state index in [4.69, 9.17) is 5.26 Å². The van der Waals surface area contributed by atoms with Crippen molar-refractivity contribution in [3.8, 4) is 6.07 Å². The van der Waals surface area contributed by atoms with Crippen molar-refractivity contribution in [3.63, 3.8) is 0 Å². The van der Waals surface area contributed by atoms with Gasteiger partial charge < -0.3 is 15.5 Å². The summed E-state index contributed by atoms with van der Waals surface area (Å²) in [6.45, 7) is 7.82. The number of anilines is 4. The number of aromatic nitrogens is 2. The molecule has 152 valence electrons. The number of amides is 1. The summed E-state index contributed by atoms with van der Waals surface area (Å²) in [6, 6.07) is 17.9. The van der Waals surface area contributed by atoms with Crippen LogP contribution in [0.25, 0.3) is 0 Å². The lowest BCUT2D eigenvalue weighted by molar-refractivity contribution is 0.102. The molecule has 7 nitrogen and oxygen atoms in total. The first-order chi connectivity index (χ1) is 14.5. The van der Waals surface area contributed by atoms with Crippen LogP contribution in [0.5, 0.6) is 0 Å². The van der Waals surface area contributed by atoms with Gasteiger partial charge in [-0.25, -0.2) is 9.97 Å². The summed E-state index contributed by atoms with van der Waals surface area (Å²) in [5.41, 5.74) is 2.55. The highest BCUT2D eigenvalue weighted by molar-refractivity contribution is 6.04. The van der Waals surface area contributed by atoms with Crippen LogP contribution in [0.4, 0.5) is 23.0 Å². The number of hydrogen-bond donors (Lipinski definition) is 2. The fourth-order valence-electron chi connectivity index (χ4n) is 3.01. The summed E-state index contributed by atoms with van der Waals surface area (Å²) in [4.78, 5) is 23.5. The van der Waals surface area contributed by atoms with Crippen LogP contribution in [-0.4, -0.2) is 29.0 Å². The van der Waals surface area contributed by atoms with Gasteiger partial charge >= 0.3 is 0 Å². The van der Waals surface area contributed by atoms with Gasteiger partial charge in [0.05, 0.1) is 11.6 Å². The van der Waals surface area contributed by atoms with Crippen molar-refractivity contribution in [1.82, 2.24) is 9.97 Å². The van der Waals surface area contributed by atoms with Crippen molar-refractivity contribution in [2.75, 3.05) is 28.6 Å². The fraction of sp³-hybridized carbons (Fsp3) is 0.217. The lowest BCUT2D eigenvalue weighted by atomic mass is 10.1. The van der Waals surface area contributed by atoms with Gasteiger partial charge in [0.15, 0.2) is 0 Å². The topological polar surface area (TPSA) is 93.9 Å². The summed E-state index contributed by atoms with van der Waals surface area (Å²) in [6.07, 6.45) is 0. The number of carbonyl (C=O) groups excluding carboxylic acids is 1. The normalized spacial score (nSPS) is 10.2. The lowest BCUT2D eigenvalue weighted by Crippen LogP contribution is -2.23. The van der Waals surface area contributed by atoms with E-state index in [9.17, 15) is 4.79 Å². The molecule has 1 amide bonds. The van der Waals surface area contributed by atoms with Crippen LogP contribution in [0.3, 0.4) is 0 Å². The predicted octanol–water partition coefficient (Wildman–Crippen LogP) is 4.50. The number of nitrogens with zero attached hydrogens (tertiary/aromatic N) is 4. The minimum absolute atomic E-state index is 0.226. The Morgan fingerprint density at radius 3 is 2.23 bits per heavy atom. The van der Waals surface area contributed by atoms with Gasteiger partial charge in [-0.15, -0.1) is 0 Å². The number of carbonyl (C=O) groups is 1. The maximum absolute atomic E-state index is 12.4. The minimum atomic E-state index is -0.226. The Morgan fingerprint density at radius 1 is 1.00 bits per heavy atom. The smallest absolute Gasteiger partial charge is 0.255 e. The molecule has 0 bridgehead atoms. The third-order valence-corrected chi connectivity index (χ3v) is 4.60. The fourth-order valence-corrected chi connectivity index (χ4v) is 3.01.